The van der Waals surface area contributed by atoms with E-state index in [0.29, 0.717) is 17.3 Å². The first-order valence-electron chi connectivity index (χ1n) is 9.09. The Bertz CT molecular complexity index is 1100. The fourth-order valence-corrected chi connectivity index (χ4v) is 4.09. The monoisotopic (exact) mass is 449 g/mol. The smallest absolute Gasteiger partial charge is 0.322 e. The lowest BCUT2D eigenvalue weighted by atomic mass is 10.1. The maximum atomic E-state index is 12.3. The molecule has 10 heteroatoms. The van der Waals surface area contributed by atoms with Crippen LogP contribution in [0.3, 0.4) is 0 Å². The number of benzene rings is 2. The van der Waals surface area contributed by atoms with Crippen LogP contribution < -0.4 is 10.1 Å². The largest absolute Gasteiger partial charge is 0.497 e. The van der Waals surface area contributed by atoms with E-state index in [1.54, 1.807) is 7.11 Å². The highest BCUT2D eigenvalue weighted by Gasteiger charge is 2.16. The van der Waals surface area contributed by atoms with Crippen LogP contribution in [0.5, 0.6) is 5.75 Å². The molecule has 0 spiro atoms. The second-order valence-corrected chi connectivity index (χ2v) is 9.00. The van der Waals surface area contributed by atoms with Crippen molar-refractivity contribution in [2.75, 3.05) is 18.2 Å². The molecule has 0 aliphatic carbocycles. The van der Waals surface area contributed by atoms with Gasteiger partial charge in [-0.25, -0.2) is 8.42 Å². The van der Waals surface area contributed by atoms with Crippen LogP contribution in [-0.4, -0.2) is 37.4 Å². The SMILES string of the molecule is COc1ccc(Cc2nnc(NC(=O)CCCS(=O)(=O)c3ccc(Cl)cc3)o2)cc1. The van der Waals surface area contributed by atoms with Gasteiger partial charge < -0.3 is 9.15 Å². The van der Waals surface area contributed by atoms with E-state index in [-0.39, 0.29) is 29.5 Å². The quantitative estimate of drug-likeness (QED) is 0.532. The zero-order valence-corrected chi connectivity index (χ0v) is 17.7. The molecule has 0 bridgehead atoms. The maximum Gasteiger partial charge on any atom is 0.322 e. The van der Waals surface area contributed by atoms with Gasteiger partial charge in [0.25, 0.3) is 0 Å². The van der Waals surface area contributed by atoms with Crippen LogP contribution >= 0.6 is 11.6 Å². The van der Waals surface area contributed by atoms with Gasteiger partial charge in [0.05, 0.1) is 24.2 Å². The molecule has 1 amide bonds. The number of rotatable bonds is 9. The Kier molecular flexibility index (Phi) is 7.07. The van der Waals surface area contributed by atoms with Gasteiger partial charge in [-0.15, -0.1) is 5.10 Å². The highest BCUT2D eigenvalue weighted by molar-refractivity contribution is 7.91. The number of amides is 1. The summed E-state index contributed by atoms with van der Waals surface area (Å²) >= 11 is 5.77. The predicted octanol–water partition coefficient (Wildman–Crippen LogP) is 3.52. The van der Waals surface area contributed by atoms with Crippen molar-refractivity contribution in [1.82, 2.24) is 10.2 Å². The second-order valence-electron chi connectivity index (χ2n) is 6.45. The molecule has 2 aromatic carbocycles. The number of nitrogens with one attached hydrogen (secondary N) is 1. The molecule has 8 nitrogen and oxygen atoms in total. The van der Waals surface area contributed by atoms with Crippen molar-refractivity contribution < 1.29 is 22.4 Å². The van der Waals surface area contributed by atoms with Crippen LogP contribution in [-0.2, 0) is 21.1 Å². The van der Waals surface area contributed by atoms with Gasteiger partial charge >= 0.3 is 6.01 Å². The van der Waals surface area contributed by atoms with E-state index < -0.39 is 15.7 Å². The summed E-state index contributed by atoms with van der Waals surface area (Å²) in [7, 11) is -1.89. The normalized spacial score (nSPS) is 11.3. The van der Waals surface area contributed by atoms with Crippen LogP contribution in [0.4, 0.5) is 6.01 Å². The lowest BCUT2D eigenvalue weighted by Crippen LogP contribution is -2.14. The molecule has 30 heavy (non-hydrogen) atoms. The Morgan fingerprint density at radius 3 is 2.47 bits per heavy atom. The Morgan fingerprint density at radius 1 is 1.10 bits per heavy atom. The molecule has 0 radical (unpaired) electrons. The molecule has 0 saturated carbocycles. The van der Waals surface area contributed by atoms with E-state index in [2.05, 4.69) is 15.5 Å². The molecule has 0 fully saturated rings. The zero-order chi connectivity index (χ0) is 21.6. The molecule has 0 aliphatic heterocycles. The van der Waals surface area contributed by atoms with Crippen molar-refractivity contribution in [2.24, 2.45) is 0 Å². The molecule has 1 aromatic heterocycles. The van der Waals surface area contributed by atoms with Crippen LogP contribution in [0.15, 0.2) is 57.8 Å². The molecule has 3 rings (SSSR count). The first-order chi connectivity index (χ1) is 14.4. The van der Waals surface area contributed by atoms with E-state index >= 15 is 0 Å². The Labute approximate surface area is 179 Å². The van der Waals surface area contributed by atoms with Gasteiger partial charge in [0.15, 0.2) is 9.84 Å². The van der Waals surface area contributed by atoms with Crippen molar-refractivity contribution >= 4 is 33.4 Å². The average molecular weight is 450 g/mol. The minimum absolute atomic E-state index is 0.00299. The third-order valence-corrected chi connectivity index (χ3v) is 6.29. The number of carbonyl (C=O) groups excluding carboxylic acids is 1. The molecule has 1 heterocycles. The van der Waals surface area contributed by atoms with E-state index in [1.807, 2.05) is 24.3 Å². The summed E-state index contributed by atoms with van der Waals surface area (Å²) in [6.07, 6.45) is 0.568. The number of halogens is 1. The van der Waals surface area contributed by atoms with Crippen LogP contribution in [0.25, 0.3) is 0 Å². The Morgan fingerprint density at radius 2 is 1.80 bits per heavy atom. The number of anilines is 1. The third-order valence-electron chi connectivity index (χ3n) is 4.22. The van der Waals surface area contributed by atoms with Gasteiger partial charge in [0, 0.05) is 11.4 Å². The summed E-state index contributed by atoms with van der Waals surface area (Å²) in [5, 5.41) is 10.6. The summed E-state index contributed by atoms with van der Waals surface area (Å²) in [6.45, 7) is 0. The number of methoxy groups -OCH3 is 1. The number of sulfone groups is 1. The Hall–Kier alpha value is -2.91. The summed E-state index contributed by atoms with van der Waals surface area (Å²) in [4.78, 5) is 12.2. The molecule has 0 aliphatic rings. The minimum Gasteiger partial charge on any atom is -0.497 e. The molecular formula is C20H20ClN3O5S. The number of carbonyl (C=O) groups is 1. The van der Waals surface area contributed by atoms with Gasteiger partial charge in [-0.05, 0) is 48.4 Å². The molecule has 0 unspecified atom stereocenters. The first-order valence-corrected chi connectivity index (χ1v) is 11.1. The minimum atomic E-state index is -3.48. The average Bonchev–Trinajstić information content (AvgIpc) is 3.15. The molecule has 0 saturated heterocycles. The van der Waals surface area contributed by atoms with Gasteiger partial charge in [-0.2, -0.15) is 0 Å². The lowest BCUT2D eigenvalue weighted by Gasteiger charge is -2.04. The van der Waals surface area contributed by atoms with Crippen LogP contribution in [0.2, 0.25) is 5.02 Å². The number of nitrogens with zero attached hydrogens (tertiary/aromatic N) is 2. The summed E-state index contributed by atoms with van der Waals surface area (Å²) in [6, 6.07) is 13.3. The van der Waals surface area contributed by atoms with Gasteiger partial charge in [0.2, 0.25) is 11.8 Å². The van der Waals surface area contributed by atoms with Crippen molar-refractivity contribution in [2.45, 2.75) is 24.2 Å². The van der Waals surface area contributed by atoms with Crippen molar-refractivity contribution in [3.8, 4) is 5.75 Å². The van der Waals surface area contributed by atoms with Crippen molar-refractivity contribution in [3.05, 3.63) is 65.0 Å². The maximum absolute atomic E-state index is 12.3. The van der Waals surface area contributed by atoms with Crippen molar-refractivity contribution in [3.63, 3.8) is 0 Å². The van der Waals surface area contributed by atoms with Crippen LogP contribution in [0.1, 0.15) is 24.3 Å². The zero-order valence-electron chi connectivity index (χ0n) is 16.2. The molecule has 158 valence electrons. The lowest BCUT2D eigenvalue weighted by molar-refractivity contribution is -0.116. The summed E-state index contributed by atoms with van der Waals surface area (Å²) in [5.74, 6) is 0.534. The highest BCUT2D eigenvalue weighted by Crippen LogP contribution is 2.18. The van der Waals surface area contributed by atoms with E-state index in [0.717, 1.165) is 11.3 Å². The van der Waals surface area contributed by atoms with E-state index in [1.165, 1.54) is 24.3 Å². The molecule has 3 aromatic rings. The summed E-state index contributed by atoms with van der Waals surface area (Å²) < 4.78 is 35.1. The van der Waals surface area contributed by atoms with Crippen molar-refractivity contribution in [1.29, 1.82) is 0 Å². The molecule has 1 N–H and O–H groups in total. The molecular weight excluding hydrogens is 430 g/mol. The van der Waals surface area contributed by atoms with Crippen LogP contribution in [0, 0.1) is 0 Å². The number of hydrogen-bond donors (Lipinski definition) is 1. The summed E-state index contributed by atoms with van der Waals surface area (Å²) in [5.41, 5.74) is 0.949. The fourth-order valence-electron chi connectivity index (χ4n) is 2.66. The molecule has 0 atom stereocenters. The Balaban J connectivity index is 1.47. The number of ether oxygens (including phenoxy) is 1. The third kappa shape index (κ3) is 6.04. The fraction of sp³-hybridized carbons (Fsp3) is 0.250. The first kappa shape index (κ1) is 21.8. The number of hydrogen-bond acceptors (Lipinski definition) is 7. The van der Waals surface area contributed by atoms with E-state index in [9.17, 15) is 13.2 Å². The second kappa shape index (κ2) is 9.73. The predicted molar refractivity (Wildman–Crippen MR) is 111 cm³/mol. The standard InChI is InChI=1S/C20H20ClN3O5S/c1-28-16-8-4-14(5-9-16)13-19-23-24-20(29-19)22-18(25)3-2-12-30(26,27)17-10-6-15(21)7-11-17/h4-11H,2-3,12-13H2,1H3,(H,22,24,25). The van der Waals surface area contributed by atoms with Gasteiger partial charge in [-0.1, -0.05) is 28.8 Å². The van der Waals surface area contributed by atoms with Gasteiger partial charge in [-0.3, -0.25) is 10.1 Å². The number of aromatic nitrogens is 2. The van der Waals surface area contributed by atoms with Gasteiger partial charge in [0.1, 0.15) is 5.75 Å². The van der Waals surface area contributed by atoms with E-state index in [4.69, 9.17) is 20.8 Å². The topological polar surface area (TPSA) is 111 Å². The highest BCUT2D eigenvalue weighted by atomic mass is 35.5.